The summed E-state index contributed by atoms with van der Waals surface area (Å²) >= 11 is 0. The summed E-state index contributed by atoms with van der Waals surface area (Å²) in [5, 5.41) is 20.0. The van der Waals surface area contributed by atoms with Crippen molar-refractivity contribution in [3.63, 3.8) is 0 Å². The minimum Gasteiger partial charge on any atom is -0.508 e. The van der Waals surface area contributed by atoms with Crippen LogP contribution in [0.5, 0.6) is 5.75 Å². The Bertz CT molecular complexity index is 1750. The largest absolute Gasteiger partial charge is 0.508 e. The minimum atomic E-state index is -3.84. The first-order chi connectivity index (χ1) is 17.5. The number of nitriles is 1. The number of aromatic hydroxyl groups is 1. The minimum absolute atomic E-state index is 0.0142. The predicted octanol–water partition coefficient (Wildman–Crippen LogP) is 3.77. The van der Waals surface area contributed by atoms with Crippen LogP contribution in [0.3, 0.4) is 0 Å². The van der Waals surface area contributed by atoms with Gasteiger partial charge in [-0.3, -0.25) is 4.90 Å². The van der Waals surface area contributed by atoms with Gasteiger partial charge in [0.1, 0.15) is 17.1 Å². The molecule has 0 amide bonds. The van der Waals surface area contributed by atoms with Crippen molar-refractivity contribution in [2.24, 2.45) is 0 Å². The van der Waals surface area contributed by atoms with Gasteiger partial charge in [0, 0.05) is 36.3 Å². The molecule has 3 aromatic heterocycles. The molecule has 9 nitrogen and oxygen atoms in total. The predicted molar refractivity (Wildman–Crippen MR) is 135 cm³/mol. The van der Waals surface area contributed by atoms with Gasteiger partial charge in [-0.05, 0) is 36.8 Å². The SMILES string of the molecule is N#CCN1CCC(n2c(-c3cccc(O)c3)nc3cnc4c(ccn4S(=O)(=O)c4ccccc4)c32)C1. The number of phenols is 1. The van der Waals surface area contributed by atoms with Crippen molar-refractivity contribution in [1.29, 1.82) is 5.26 Å². The van der Waals surface area contributed by atoms with Crippen molar-refractivity contribution < 1.29 is 13.5 Å². The fourth-order valence-electron chi connectivity index (χ4n) is 5.02. The average molecular weight is 499 g/mol. The number of aromatic nitrogens is 4. The number of likely N-dealkylation sites (tertiary alicyclic amines) is 1. The van der Waals surface area contributed by atoms with Gasteiger partial charge in [0.2, 0.25) is 0 Å². The van der Waals surface area contributed by atoms with E-state index in [4.69, 9.17) is 4.98 Å². The highest BCUT2D eigenvalue weighted by atomic mass is 32.2. The zero-order valence-electron chi connectivity index (χ0n) is 19.2. The number of phenolic OH excluding ortho intramolecular Hbond substituents is 1. The molecule has 1 N–H and O–H groups in total. The second-order valence-electron chi connectivity index (χ2n) is 8.85. The second kappa shape index (κ2) is 8.48. The summed E-state index contributed by atoms with van der Waals surface area (Å²) in [6.07, 6.45) is 3.94. The van der Waals surface area contributed by atoms with E-state index in [1.54, 1.807) is 60.8 Å². The molecule has 0 spiro atoms. The highest BCUT2D eigenvalue weighted by Crippen LogP contribution is 2.37. The van der Waals surface area contributed by atoms with Crippen molar-refractivity contribution in [3.8, 4) is 23.2 Å². The maximum absolute atomic E-state index is 13.4. The van der Waals surface area contributed by atoms with E-state index >= 15 is 0 Å². The van der Waals surface area contributed by atoms with E-state index in [9.17, 15) is 18.8 Å². The number of pyridine rings is 1. The Morgan fingerprint density at radius 1 is 1.11 bits per heavy atom. The summed E-state index contributed by atoms with van der Waals surface area (Å²) in [5.74, 6) is 0.796. The van der Waals surface area contributed by atoms with Gasteiger partial charge in [-0.25, -0.2) is 22.4 Å². The molecule has 1 atom stereocenters. The molecule has 10 heteroatoms. The summed E-state index contributed by atoms with van der Waals surface area (Å²) in [5.41, 5.74) is 2.48. The van der Waals surface area contributed by atoms with Crippen molar-refractivity contribution >= 4 is 32.1 Å². The molecule has 6 rings (SSSR count). The summed E-state index contributed by atoms with van der Waals surface area (Å²) < 4.78 is 30.1. The molecule has 0 aliphatic carbocycles. The Hall–Kier alpha value is -4.20. The average Bonchev–Trinajstić information content (AvgIpc) is 3.61. The van der Waals surface area contributed by atoms with E-state index in [2.05, 4.69) is 20.5 Å². The van der Waals surface area contributed by atoms with Gasteiger partial charge in [0.15, 0.2) is 5.65 Å². The monoisotopic (exact) mass is 498 g/mol. The van der Waals surface area contributed by atoms with Crippen LogP contribution in [0, 0.1) is 11.3 Å². The first-order valence-corrected chi connectivity index (χ1v) is 13.0. The van der Waals surface area contributed by atoms with E-state index in [0.717, 1.165) is 24.0 Å². The van der Waals surface area contributed by atoms with Crippen LogP contribution in [0.2, 0.25) is 0 Å². The number of fused-ring (bicyclic) bond motifs is 3. The number of benzene rings is 2. The second-order valence-corrected chi connectivity index (χ2v) is 10.7. The molecular formula is C26H22N6O3S. The van der Waals surface area contributed by atoms with Crippen LogP contribution in [-0.4, -0.2) is 56.6 Å². The lowest BCUT2D eigenvalue weighted by Crippen LogP contribution is -2.22. The summed E-state index contributed by atoms with van der Waals surface area (Å²) in [6.45, 7) is 1.78. The van der Waals surface area contributed by atoms with E-state index in [1.165, 1.54) is 10.2 Å². The summed E-state index contributed by atoms with van der Waals surface area (Å²) in [7, 11) is -3.84. The highest BCUT2D eigenvalue weighted by molar-refractivity contribution is 7.90. The molecule has 0 saturated carbocycles. The van der Waals surface area contributed by atoms with Crippen LogP contribution in [0.15, 0.2) is 78.0 Å². The normalized spacial score (nSPS) is 16.6. The molecule has 1 aliphatic heterocycles. The number of hydrogen-bond acceptors (Lipinski definition) is 7. The zero-order chi connectivity index (χ0) is 24.9. The Morgan fingerprint density at radius 2 is 1.94 bits per heavy atom. The van der Waals surface area contributed by atoms with Gasteiger partial charge < -0.3 is 9.67 Å². The van der Waals surface area contributed by atoms with Crippen molar-refractivity contribution in [2.45, 2.75) is 17.4 Å². The lowest BCUT2D eigenvalue weighted by molar-refractivity contribution is 0.363. The highest BCUT2D eigenvalue weighted by Gasteiger charge is 2.30. The lowest BCUT2D eigenvalue weighted by atomic mass is 10.1. The molecule has 0 bridgehead atoms. The van der Waals surface area contributed by atoms with E-state index in [-0.39, 0.29) is 16.7 Å². The van der Waals surface area contributed by atoms with E-state index < -0.39 is 10.0 Å². The number of imidazole rings is 1. The lowest BCUT2D eigenvalue weighted by Gasteiger charge is -2.18. The van der Waals surface area contributed by atoms with Crippen molar-refractivity contribution in [3.05, 3.63) is 73.1 Å². The third-order valence-corrected chi connectivity index (χ3v) is 8.32. The van der Waals surface area contributed by atoms with Gasteiger partial charge in [-0.15, -0.1) is 0 Å². The van der Waals surface area contributed by atoms with Crippen molar-refractivity contribution in [2.75, 3.05) is 19.6 Å². The Morgan fingerprint density at radius 3 is 2.72 bits per heavy atom. The molecular weight excluding hydrogens is 476 g/mol. The van der Waals surface area contributed by atoms with Gasteiger partial charge in [-0.2, -0.15) is 5.26 Å². The first kappa shape index (κ1) is 22.3. The Labute approximate surface area is 207 Å². The van der Waals surface area contributed by atoms with Crippen LogP contribution in [0.4, 0.5) is 0 Å². The molecule has 1 saturated heterocycles. The molecule has 1 fully saturated rings. The fraction of sp³-hybridized carbons (Fsp3) is 0.192. The Kier molecular flexibility index (Phi) is 5.25. The maximum Gasteiger partial charge on any atom is 0.269 e. The quantitative estimate of drug-likeness (QED) is 0.367. The molecule has 1 unspecified atom stereocenters. The topological polar surface area (TPSA) is 117 Å². The summed E-state index contributed by atoms with van der Waals surface area (Å²) in [6, 6.07) is 19.2. The fourth-order valence-corrected chi connectivity index (χ4v) is 6.34. The van der Waals surface area contributed by atoms with Gasteiger partial charge >= 0.3 is 0 Å². The molecule has 5 aromatic rings. The molecule has 1 aliphatic rings. The molecule has 180 valence electrons. The molecule has 36 heavy (non-hydrogen) atoms. The number of hydrogen-bond donors (Lipinski definition) is 1. The zero-order valence-corrected chi connectivity index (χ0v) is 20.0. The number of nitrogens with zero attached hydrogens (tertiary/aromatic N) is 6. The number of rotatable bonds is 5. The standard InChI is InChI=1S/C26H22N6O3S/c27-11-14-30-12-9-19(17-30)32-24-22-10-13-31(36(34,35)21-7-2-1-3-8-21)26(22)28-16-23(24)29-25(32)18-5-4-6-20(33)15-18/h1-8,10,13,15-16,19,33H,9,12,14,17H2. The molecule has 4 heterocycles. The third-order valence-electron chi connectivity index (χ3n) is 6.64. The van der Waals surface area contributed by atoms with E-state index in [1.807, 2.05) is 6.07 Å². The Balaban J connectivity index is 1.60. The molecule has 2 aromatic carbocycles. The van der Waals surface area contributed by atoms with Crippen LogP contribution in [-0.2, 0) is 10.0 Å². The van der Waals surface area contributed by atoms with Crippen LogP contribution < -0.4 is 0 Å². The van der Waals surface area contributed by atoms with Crippen LogP contribution in [0.1, 0.15) is 12.5 Å². The van der Waals surface area contributed by atoms with Crippen molar-refractivity contribution in [1.82, 2.24) is 23.4 Å². The van der Waals surface area contributed by atoms with Crippen LogP contribution >= 0.6 is 0 Å². The van der Waals surface area contributed by atoms with Gasteiger partial charge in [0.05, 0.1) is 29.2 Å². The maximum atomic E-state index is 13.4. The van der Waals surface area contributed by atoms with Gasteiger partial charge in [0.25, 0.3) is 10.0 Å². The van der Waals surface area contributed by atoms with Gasteiger partial charge in [-0.1, -0.05) is 30.3 Å². The van der Waals surface area contributed by atoms with E-state index in [0.29, 0.717) is 35.5 Å². The smallest absolute Gasteiger partial charge is 0.269 e. The third kappa shape index (κ3) is 3.52. The summed E-state index contributed by atoms with van der Waals surface area (Å²) in [4.78, 5) is 11.6. The molecule has 0 radical (unpaired) electrons. The first-order valence-electron chi connectivity index (χ1n) is 11.5. The van der Waals surface area contributed by atoms with Crippen LogP contribution in [0.25, 0.3) is 33.5 Å².